The zero-order chi connectivity index (χ0) is 46.3. The van der Waals surface area contributed by atoms with E-state index in [0.29, 0.717) is 12.3 Å². The van der Waals surface area contributed by atoms with E-state index in [9.17, 15) is 9.90 Å². The summed E-state index contributed by atoms with van der Waals surface area (Å²) in [5, 5.41) is 17.2. The molecule has 0 amide bonds. The fourth-order valence-electron chi connectivity index (χ4n) is 7.37. The minimum absolute atomic E-state index is 0. The first-order valence-corrected chi connectivity index (χ1v) is 28.7. The third-order valence-corrected chi connectivity index (χ3v) is 15.9. The van der Waals surface area contributed by atoms with Crippen molar-refractivity contribution in [3.63, 3.8) is 0 Å². The van der Waals surface area contributed by atoms with Crippen molar-refractivity contribution >= 4 is 53.8 Å². The molecule has 0 fully saturated rings. The number of aryl methyl sites for hydroxylation is 4. The topological polar surface area (TPSA) is 63.1 Å². The number of carbonyl (C=O) groups is 1. The maximum atomic E-state index is 11.9. The Morgan fingerprint density at radius 2 is 1.08 bits per heavy atom. The number of nitrogens with zero attached hydrogens (tertiary/aromatic N) is 2. The van der Waals surface area contributed by atoms with Gasteiger partial charge in [0.1, 0.15) is 5.76 Å². The fraction of sp³-hybridized carbons (Fsp3) is 0.389. The number of pyridine rings is 2. The Hall–Kier alpha value is -4.01. The van der Waals surface area contributed by atoms with Crippen LogP contribution < -0.4 is 10.4 Å². The van der Waals surface area contributed by atoms with Crippen LogP contribution in [0.2, 0.25) is 39.3 Å². The summed E-state index contributed by atoms with van der Waals surface area (Å²) in [5.41, 5.74) is 8.02. The van der Waals surface area contributed by atoms with Gasteiger partial charge in [-0.1, -0.05) is 148 Å². The number of fused-ring (bicyclic) bond motifs is 2. The standard InChI is InChI=1S/2C20H22NSi.C14H26O2.Ir/c2*1-14-10-15(2)12-17(11-14)20-19-7-6-18(22(3,4)5)13-16(19)8-9-21-20;1-6-11(7-2)12(15)10-13(16)14(5,8-3)9-4;/h2*6-11,13H,1-5H3;10-11,16H,6-9H2,1-5H3;/q2*-1;;/b;;13-10-;/i2*9D;;. The second-order valence-corrected chi connectivity index (χ2v) is 28.9. The van der Waals surface area contributed by atoms with Crippen molar-refractivity contribution in [2.75, 3.05) is 0 Å². The van der Waals surface area contributed by atoms with E-state index in [1.54, 1.807) is 0 Å². The van der Waals surface area contributed by atoms with Crippen LogP contribution in [0.1, 0.15) is 85.3 Å². The maximum absolute atomic E-state index is 11.9. The van der Waals surface area contributed by atoms with Gasteiger partial charge in [-0.3, -0.25) is 4.79 Å². The number of ketones is 1. The summed E-state index contributed by atoms with van der Waals surface area (Å²) in [4.78, 5) is 20.8. The molecule has 7 heteroatoms. The van der Waals surface area contributed by atoms with Crippen LogP contribution >= 0.6 is 0 Å². The molecule has 0 unspecified atom stereocenters. The molecule has 61 heavy (non-hydrogen) atoms. The average molecular weight is 1030 g/mol. The van der Waals surface area contributed by atoms with Gasteiger partial charge in [-0.15, -0.1) is 69.8 Å². The van der Waals surface area contributed by atoms with E-state index < -0.39 is 16.1 Å². The molecule has 6 aromatic rings. The molecule has 0 aliphatic carbocycles. The predicted molar refractivity (Wildman–Crippen MR) is 265 cm³/mol. The molecule has 4 aromatic carbocycles. The van der Waals surface area contributed by atoms with Crippen LogP contribution in [0, 0.1) is 51.2 Å². The number of aromatic nitrogens is 2. The van der Waals surface area contributed by atoms with E-state index in [1.165, 1.54) is 27.6 Å². The Bertz CT molecular complexity index is 2380. The van der Waals surface area contributed by atoms with Crippen molar-refractivity contribution in [3.05, 3.63) is 131 Å². The largest absolute Gasteiger partial charge is 0.512 e. The molecule has 2 aromatic heterocycles. The Morgan fingerprint density at radius 3 is 1.41 bits per heavy atom. The van der Waals surface area contributed by atoms with Crippen LogP contribution in [0.25, 0.3) is 44.1 Å². The first-order valence-electron chi connectivity index (χ1n) is 22.7. The molecule has 1 radical (unpaired) electrons. The summed E-state index contributed by atoms with van der Waals surface area (Å²) in [6.45, 7) is 32.4. The molecule has 0 spiro atoms. The van der Waals surface area contributed by atoms with Gasteiger partial charge in [-0.25, -0.2) is 0 Å². The van der Waals surface area contributed by atoms with Crippen LogP contribution in [0.4, 0.5) is 0 Å². The molecule has 0 atom stereocenters. The van der Waals surface area contributed by atoms with Gasteiger partial charge in [-0.05, 0) is 70.7 Å². The van der Waals surface area contributed by atoms with Gasteiger partial charge in [0.2, 0.25) is 0 Å². The zero-order valence-corrected chi connectivity index (χ0v) is 43.9. The third kappa shape index (κ3) is 13.5. The molecular formula is C54H70IrN2O2Si2-2. The van der Waals surface area contributed by atoms with E-state index in [0.717, 1.165) is 80.9 Å². The first kappa shape index (κ1) is 48.0. The predicted octanol–water partition coefficient (Wildman–Crippen LogP) is 14.0. The van der Waals surface area contributed by atoms with Crippen molar-refractivity contribution in [2.24, 2.45) is 11.3 Å². The van der Waals surface area contributed by atoms with Crippen LogP contribution in [-0.2, 0) is 24.9 Å². The van der Waals surface area contributed by atoms with Gasteiger partial charge >= 0.3 is 0 Å². The summed E-state index contributed by atoms with van der Waals surface area (Å²) in [6.07, 6.45) is 5.46. The fourth-order valence-corrected chi connectivity index (χ4v) is 9.71. The first-order chi connectivity index (χ1) is 28.9. The van der Waals surface area contributed by atoms with Crippen LogP contribution in [0.3, 0.4) is 0 Å². The Morgan fingerprint density at radius 1 is 0.689 bits per heavy atom. The van der Waals surface area contributed by atoms with E-state index in [4.69, 9.17) is 2.74 Å². The van der Waals surface area contributed by atoms with Gasteiger partial charge in [0.15, 0.2) is 5.78 Å². The van der Waals surface area contributed by atoms with Crippen LogP contribution in [0.15, 0.2) is 97.0 Å². The SMILES string of the molecule is CCC(CC)C(=O)/C=C(\O)C(C)(CC)CC.[2H]c1cc2cc([Si](C)(C)C)ccc2c(-c2[c-]c(C)cc(C)c2)n1.[2H]c1cc2cc([Si](C)(C)C)ccc2c(-c2[c-]c(C)cc(C)c2)n1.[Ir]. The molecule has 0 saturated heterocycles. The van der Waals surface area contributed by atoms with Crippen molar-refractivity contribution in [3.8, 4) is 22.5 Å². The molecule has 1 N–H and O–H groups in total. The number of carbonyl (C=O) groups excluding carboxylic acids is 1. The van der Waals surface area contributed by atoms with Crippen LogP contribution in [-0.4, -0.2) is 37.0 Å². The van der Waals surface area contributed by atoms with Gasteiger partial charge < -0.3 is 15.1 Å². The Labute approximate surface area is 386 Å². The summed E-state index contributed by atoms with van der Waals surface area (Å²) < 4.78 is 16.2. The number of allylic oxidation sites excluding steroid dienone is 2. The van der Waals surface area contributed by atoms with Crippen molar-refractivity contribution < 1.29 is 32.7 Å². The molecule has 327 valence electrons. The third-order valence-electron chi connectivity index (χ3n) is 11.8. The molecular weight excluding hydrogens is 957 g/mol. The number of hydrogen-bond acceptors (Lipinski definition) is 4. The maximum Gasteiger partial charge on any atom is 0.162 e. The summed E-state index contributed by atoms with van der Waals surface area (Å²) in [7, 11) is -2.74. The summed E-state index contributed by atoms with van der Waals surface area (Å²) in [5.74, 6) is 0.366. The van der Waals surface area contributed by atoms with E-state index in [-0.39, 0.29) is 43.0 Å². The summed E-state index contributed by atoms with van der Waals surface area (Å²) in [6, 6.07) is 32.2. The van der Waals surface area contributed by atoms with Gasteiger partial charge in [0.05, 0.1) is 18.9 Å². The summed E-state index contributed by atoms with van der Waals surface area (Å²) >= 11 is 0. The van der Waals surface area contributed by atoms with E-state index in [2.05, 4.69) is 136 Å². The number of rotatable bonds is 11. The quantitative estimate of drug-likeness (QED) is 0.0608. The van der Waals surface area contributed by atoms with Crippen molar-refractivity contribution in [2.45, 2.75) is 127 Å². The van der Waals surface area contributed by atoms with Crippen molar-refractivity contribution in [1.82, 2.24) is 9.97 Å². The number of hydrogen-bond donors (Lipinski definition) is 1. The minimum Gasteiger partial charge on any atom is -0.512 e. The Kier molecular flexibility index (Phi) is 17.2. The van der Waals surface area contributed by atoms with Gasteiger partial charge in [0.25, 0.3) is 0 Å². The zero-order valence-electron chi connectivity index (χ0n) is 41.5. The number of benzene rings is 4. The molecule has 0 bridgehead atoms. The van der Waals surface area contributed by atoms with Gasteiger partial charge in [0, 0.05) is 49.9 Å². The van der Waals surface area contributed by atoms with E-state index in [1.807, 2.05) is 60.6 Å². The smallest absolute Gasteiger partial charge is 0.162 e. The Balaban J connectivity index is 0.000000255. The molecule has 0 saturated carbocycles. The molecule has 0 aliphatic heterocycles. The monoisotopic (exact) mass is 1030 g/mol. The molecule has 2 heterocycles. The second kappa shape index (κ2) is 21.9. The van der Waals surface area contributed by atoms with Gasteiger partial charge in [-0.2, -0.15) is 0 Å². The number of aliphatic hydroxyl groups is 1. The molecule has 4 nitrogen and oxygen atoms in total. The molecule has 0 aliphatic rings. The normalized spacial score (nSPS) is 12.5. The second-order valence-electron chi connectivity index (χ2n) is 18.8. The molecule has 6 rings (SSSR count). The van der Waals surface area contributed by atoms with E-state index >= 15 is 0 Å². The minimum atomic E-state index is -1.37. The van der Waals surface area contributed by atoms with Crippen molar-refractivity contribution in [1.29, 1.82) is 0 Å². The average Bonchev–Trinajstić information content (AvgIpc) is 3.18. The van der Waals surface area contributed by atoms with Crippen LogP contribution in [0.5, 0.6) is 0 Å². The number of aliphatic hydroxyl groups excluding tert-OH is 1.